The van der Waals surface area contributed by atoms with Crippen LogP contribution in [-0.2, 0) is 5.41 Å². The molecule has 5 atom stereocenters. The molecule has 0 amide bonds. The lowest BCUT2D eigenvalue weighted by Gasteiger charge is -2.49. The van der Waals surface area contributed by atoms with Gasteiger partial charge in [-0.1, -0.05) is 281 Å². The number of hydrogen-bond donors (Lipinski definition) is 0. The average Bonchev–Trinajstić information content (AvgIpc) is 1.60. The van der Waals surface area contributed by atoms with Gasteiger partial charge in [0.2, 0.25) is 0 Å². The minimum absolute atomic E-state index is 0. The average molecular weight is 1250 g/mol. The maximum atomic E-state index is 12.7. The van der Waals surface area contributed by atoms with Crippen LogP contribution in [0.2, 0.25) is 0 Å². The van der Waals surface area contributed by atoms with Gasteiger partial charge in [-0.2, -0.15) is 13.2 Å². The molecule has 4 saturated carbocycles. The van der Waals surface area contributed by atoms with Crippen molar-refractivity contribution in [2.45, 2.75) is 395 Å². The molecule has 4 fully saturated rings. The van der Waals surface area contributed by atoms with Crippen LogP contribution in [-0.4, -0.2) is 6.18 Å². The Morgan fingerprint density at radius 2 is 0.805 bits per heavy atom. The summed E-state index contributed by atoms with van der Waals surface area (Å²) in [5, 5.41) is 0. The van der Waals surface area contributed by atoms with Crippen molar-refractivity contribution in [2.75, 3.05) is 0 Å². The third-order valence-electron chi connectivity index (χ3n) is 20.1. The lowest BCUT2D eigenvalue weighted by molar-refractivity contribution is -0.223. The number of hydrogen-bond acceptors (Lipinski definition) is 0. The van der Waals surface area contributed by atoms with Crippen molar-refractivity contribution in [1.29, 1.82) is 0 Å². The molecule has 1 spiro atoms. The zero-order chi connectivity index (χ0) is 90.0. The third kappa shape index (κ3) is 26.9. The summed E-state index contributed by atoms with van der Waals surface area (Å²) in [6, 6.07) is 11.1. The van der Waals surface area contributed by atoms with Crippen molar-refractivity contribution in [1.82, 2.24) is 0 Å². The Morgan fingerprint density at radius 3 is 1.09 bits per heavy atom. The van der Waals surface area contributed by atoms with Gasteiger partial charge in [0.15, 0.2) is 0 Å². The van der Waals surface area contributed by atoms with Crippen molar-refractivity contribution in [3.63, 3.8) is 0 Å². The molecule has 0 aromatic heterocycles. The summed E-state index contributed by atoms with van der Waals surface area (Å²) in [6.07, 6.45) is 12.3. The smallest absolute Gasteiger partial charge is 0.171 e. The Bertz CT molecular complexity index is 3360. The zero-order valence-electron chi connectivity index (χ0n) is 86.4. The van der Waals surface area contributed by atoms with E-state index in [0.29, 0.717) is 34.7 Å². The normalized spacial score (nSPS) is 27.5. The fourth-order valence-corrected chi connectivity index (χ4v) is 11.9. The molecule has 5 unspecified atom stereocenters. The number of halogens is 3. The van der Waals surface area contributed by atoms with Crippen LogP contribution in [0.15, 0.2) is 42.5 Å². The molecule has 4 aliphatic carbocycles. The number of rotatable bonds is 11. The van der Waals surface area contributed by atoms with E-state index in [-0.39, 0.29) is 59.9 Å². The molecule has 0 heterocycles. The molecule has 508 valence electrons. The molecule has 0 nitrogen and oxygen atoms in total. The SMILES string of the molecule is CC1(C)CCC2(CC1)CCC(C)(C)CC2.CCC(C)(C)CC.[2HH].[2HH].[2H]C(C)(C)c1cc(C(C)(C)C)cc(C([2H])(C)C)c1C.[2H]C([2H])(C)C1(C(F)(F)F)CCCC1.[2H]C([2H])(C)C1(C)CCCC1.[2H]C([2H])([2H])C([2H])(C)c1cc(C([2H])(C)C([2H])([2H])[2H])c(C)c(C([2H])(C)C([2H])([2H])[2H])c1.[2H]C([2H])([2H])C([2H])(C)c1ccc(C)c(C([2H])(C)C([2H])([2H])[2H])c1. The van der Waals surface area contributed by atoms with Crippen molar-refractivity contribution < 1.29 is 51.7 Å². The summed E-state index contributed by atoms with van der Waals surface area (Å²) in [4.78, 5) is 0. The van der Waals surface area contributed by atoms with Crippen LogP contribution < -0.4 is 0 Å². The van der Waals surface area contributed by atoms with E-state index in [2.05, 4.69) is 95.2 Å². The van der Waals surface area contributed by atoms with E-state index in [0.717, 1.165) is 62.6 Å². The highest BCUT2D eigenvalue weighted by molar-refractivity contribution is 5.44. The van der Waals surface area contributed by atoms with Gasteiger partial charge in [-0.05, 0) is 239 Å². The Balaban J connectivity index is 0. The Hall–Kier alpha value is -2.55. The third-order valence-corrected chi connectivity index (χ3v) is 20.1. The molecule has 3 heteroatoms. The molecule has 3 aromatic rings. The predicted octanol–water partition coefficient (Wildman–Crippen LogP) is 30.1. The lowest BCUT2D eigenvalue weighted by atomic mass is 9.56. The Labute approximate surface area is 582 Å². The summed E-state index contributed by atoms with van der Waals surface area (Å²) in [5.74, 6) is -11.6. The molecule has 7 rings (SSSR count). The second kappa shape index (κ2) is 35.5. The molecule has 87 heavy (non-hydrogen) atoms. The molecule has 0 saturated heterocycles. The van der Waals surface area contributed by atoms with Gasteiger partial charge < -0.3 is 0 Å². The zero-order valence-corrected chi connectivity index (χ0v) is 60.4. The van der Waals surface area contributed by atoms with E-state index in [1.807, 2.05) is 34.6 Å². The van der Waals surface area contributed by atoms with Gasteiger partial charge in [0, 0.05) is 38.5 Å². The first-order valence-corrected chi connectivity index (χ1v) is 33.0. The Kier molecular flexibility index (Phi) is 19.7. The molecule has 0 bridgehead atoms. The highest BCUT2D eigenvalue weighted by Crippen LogP contribution is 2.56. The van der Waals surface area contributed by atoms with Gasteiger partial charge in [-0.3, -0.25) is 0 Å². The first kappa shape index (κ1) is 48.2. The first-order valence-electron chi connectivity index (χ1n) is 46.0. The molecule has 4 aliphatic rings. The van der Waals surface area contributed by atoms with Gasteiger partial charge in [0.1, 0.15) is 0 Å². The lowest BCUT2D eigenvalue weighted by Crippen LogP contribution is -2.36. The maximum Gasteiger partial charge on any atom is 0.394 e. The molecular formula is C84H151F3. The standard InChI is InChI=1S/C17H28.C16H26.C15H28.C13H20.C8H13F3.C8H16.C7H16.2H2/c1-11(2)15-9-14(17(6,7)8)10-16(12(3)4)13(15)5;1-10(2)14-8-15(11(3)4)13(7)16(9-14)12(5)6;1-13(2)5-9-15(10-6-13)11-7-14(3,4)8-12-15;1-9(2)12-7-6-11(5)13(8-12)10(3)4;1-2-7(8(9,10)11)5-3-4-6-7;1-3-8(2)6-4-5-7-8;1-5-7(3,4)6-2;;/h9-12H,1-8H3;8-12H,1-7H3;5-12H2,1-4H3;6-10H,1-5H3;2-6H2,1H3;3-7H2,1-2H3;5-6H2,1-4H3;2*1H/i11D,12D;1D3,3D3,5D3,10D,11D,12D;;1D3,3D3,9D,10D;2D2;3D2;;2*1+1. The number of aryl methyl sites for hydroxylation is 1. The van der Waals surface area contributed by atoms with Crippen molar-refractivity contribution in [3.8, 4) is 0 Å². The maximum absolute atomic E-state index is 12.7. The quantitative estimate of drug-likeness (QED) is 0.180. The summed E-state index contributed by atoms with van der Waals surface area (Å²) >= 11 is 0. The van der Waals surface area contributed by atoms with E-state index in [1.165, 1.54) is 128 Å². The highest BCUT2D eigenvalue weighted by Gasteiger charge is 2.54. The fourth-order valence-electron chi connectivity index (χ4n) is 11.9. The van der Waals surface area contributed by atoms with Gasteiger partial charge in [-0.15, -0.1) is 0 Å². The van der Waals surface area contributed by atoms with Crippen LogP contribution in [0.25, 0.3) is 0 Å². The number of benzene rings is 3. The minimum atomic E-state index is -4.41. The van der Waals surface area contributed by atoms with Crippen molar-refractivity contribution in [2.24, 2.45) is 32.5 Å². The van der Waals surface area contributed by atoms with Crippen LogP contribution in [0.3, 0.4) is 0 Å². The first-order chi connectivity index (χ1) is 49.5. The van der Waals surface area contributed by atoms with Gasteiger partial charge >= 0.3 is 6.18 Å². The number of alkyl halides is 3. The second-order valence-corrected chi connectivity index (χ2v) is 30.6. The van der Waals surface area contributed by atoms with Crippen LogP contribution in [0.4, 0.5) is 13.2 Å². The Morgan fingerprint density at radius 1 is 0.460 bits per heavy atom. The molecule has 0 radical (unpaired) electrons. The minimum Gasteiger partial charge on any atom is -0.171 e. The van der Waals surface area contributed by atoms with Crippen LogP contribution >= 0.6 is 0 Å². The van der Waals surface area contributed by atoms with Crippen LogP contribution in [0.5, 0.6) is 0 Å². The van der Waals surface area contributed by atoms with Gasteiger partial charge in [0.05, 0.1) is 5.41 Å². The van der Waals surface area contributed by atoms with Crippen LogP contribution in [0.1, 0.15) is 463 Å². The summed E-state index contributed by atoms with van der Waals surface area (Å²) in [7, 11) is 0. The monoisotopic (exact) mass is 1250 g/mol. The predicted molar refractivity (Wildman–Crippen MR) is 390 cm³/mol. The summed E-state index contributed by atoms with van der Waals surface area (Å²) in [6.45, 7) is 35.5. The largest absolute Gasteiger partial charge is 0.394 e. The second-order valence-electron chi connectivity index (χ2n) is 30.6. The van der Waals surface area contributed by atoms with Gasteiger partial charge in [0.25, 0.3) is 0 Å². The van der Waals surface area contributed by atoms with Crippen LogP contribution in [0, 0.1) is 53.3 Å². The fraction of sp³-hybridized carbons (Fsp3) is 0.786. The van der Waals surface area contributed by atoms with E-state index >= 15 is 0 Å². The molecule has 3 aromatic carbocycles. The topological polar surface area (TPSA) is 0 Å². The molecule has 0 aliphatic heterocycles. The van der Waals surface area contributed by atoms with E-state index in [4.69, 9.17) is 35.6 Å². The van der Waals surface area contributed by atoms with Crippen molar-refractivity contribution >= 4 is 0 Å². The van der Waals surface area contributed by atoms with E-state index < -0.39 is 99.9 Å². The van der Waals surface area contributed by atoms with Gasteiger partial charge in [-0.25, -0.2) is 0 Å². The summed E-state index contributed by atoms with van der Waals surface area (Å²) < 4.78 is 240. The van der Waals surface area contributed by atoms with E-state index in [9.17, 15) is 13.2 Å². The highest BCUT2D eigenvalue weighted by atomic mass is 19.4. The molecule has 0 N–H and O–H groups in total. The van der Waals surface area contributed by atoms with E-state index in [1.54, 1.807) is 19.9 Å². The van der Waals surface area contributed by atoms with Crippen molar-refractivity contribution in [3.05, 3.63) is 104 Å². The summed E-state index contributed by atoms with van der Waals surface area (Å²) in [5.41, 5.74) is 5.63. The molecular weight excluding hydrogens is 1070 g/mol.